The van der Waals surface area contributed by atoms with Crippen molar-refractivity contribution in [2.45, 2.75) is 26.3 Å². The van der Waals surface area contributed by atoms with Gasteiger partial charge in [0, 0.05) is 49.4 Å². The second kappa shape index (κ2) is 11.3. The van der Waals surface area contributed by atoms with E-state index < -0.39 is 0 Å². The molecule has 0 saturated heterocycles. The van der Waals surface area contributed by atoms with Gasteiger partial charge in [0.1, 0.15) is 5.82 Å². The van der Waals surface area contributed by atoms with Crippen LogP contribution in [0.5, 0.6) is 0 Å². The zero-order valence-corrected chi connectivity index (χ0v) is 19.5. The SMILES string of the molecule is Cc1ccc(Cc2nsc(N(CC(=O)NCCc3ccccn3)Cc3ccccc3)n2)cc1. The second-order valence-electron chi connectivity index (χ2n) is 7.92. The van der Waals surface area contributed by atoms with Gasteiger partial charge in [-0.2, -0.15) is 4.37 Å². The van der Waals surface area contributed by atoms with E-state index in [0.717, 1.165) is 22.2 Å². The summed E-state index contributed by atoms with van der Waals surface area (Å²) < 4.78 is 4.55. The Morgan fingerprint density at radius 1 is 0.970 bits per heavy atom. The molecule has 2 aromatic carbocycles. The van der Waals surface area contributed by atoms with Crippen LogP contribution in [0.4, 0.5) is 5.13 Å². The maximum absolute atomic E-state index is 12.7. The molecule has 168 valence electrons. The highest BCUT2D eigenvalue weighted by Gasteiger charge is 2.17. The van der Waals surface area contributed by atoms with Crippen molar-refractivity contribution in [3.63, 3.8) is 0 Å². The van der Waals surface area contributed by atoms with E-state index in [1.165, 1.54) is 22.7 Å². The first kappa shape index (κ1) is 22.6. The molecule has 7 heteroatoms. The summed E-state index contributed by atoms with van der Waals surface area (Å²) in [5, 5.41) is 3.76. The van der Waals surface area contributed by atoms with E-state index in [2.05, 4.69) is 58.0 Å². The molecule has 0 atom stereocenters. The molecule has 0 aliphatic rings. The lowest BCUT2D eigenvalue weighted by Gasteiger charge is -2.21. The maximum atomic E-state index is 12.7. The number of nitrogens with zero attached hydrogens (tertiary/aromatic N) is 4. The van der Waals surface area contributed by atoms with Crippen LogP contribution in [0.15, 0.2) is 79.0 Å². The van der Waals surface area contributed by atoms with Gasteiger partial charge in [0.05, 0.1) is 6.54 Å². The molecule has 1 N–H and O–H groups in total. The number of carbonyl (C=O) groups excluding carboxylic acids is 1. The summed E-state index contributed by atoms with van der Waals surface area (Å²) in [6.45, 7) is 3.43. The molecule has 2 heterocycles. The van der Waals surface area contributed by atoms with E-state index in [9.17, 15) is 4.79 Å². The fourth-order valence-electron chi connectivity index (χ4n) is 3.43. The van der Waals surface area contributed by atoms with E-state index in [-0.39, 0.29) is 12.5 Å². The van der Waals surface area contributed by atoms with Crippen molar-refractivity contribution in [2.75, 3.05) is 18.0 Å². The van der Waals surface area contributed by atoms with Crippen molar-refractivity contribution in [1.82, 2.24) is 19.7 Å². The number of carbonyl (C=O) groups is 1. The third-order valence-corrected chi connectivity index (χ3v) is 6.01. The van der Waals surface area contributed by atoms with Crippen LogP contribution >= 0.6 is 11.5 Å². The van der Waals surface area contributed by atoms with Gasteiger partial charge < -0.3 is 10.2 Å². The van der Waals surface area contributed by atoms with Gasteiger partial charge >= 0.3 is 0 Å². The predicted octanol–water partition coefficient (Wildman–Crippen LogP) is 4.20. The van der Waals surface area contributed by atoms with E-state index in [4.69, 9.17) is 4.98 Å². The molecule has 1 amide bonds. The van der Waals surface area contributed by atoms with Gasteiger partial charge in [0.2, 0.25) is 11.0 Å². The molecule has 0 unspecified atom stereocenters. The van der Waals surface area contributed by atoms with Crippen LogP contribution in [0.25, 0.3) is 0 Å². The number of benzene rings is 2. The van der Waals surface area contributed by atoms with Crippen LogP contribution < -0.4 is 10.2 Å². The molecule has 33 heavy (non-hydrogen) atoms. The number of amides is 1. The second-order valence-corrected chi connectivity index (χ2v) is 8.65. The summed E-state index contributed by atoms with van der Waals surface area (Å²) in [7, 11) is 0. The van der Waals surface area contributed by atoms with Crippen molar-refractivity contribution >= 4 is 22.6 Å². The van der Waals surface area contributed by atoms with Gasteiger partial charge in [-0.15, -0.1) is 0 Å². The average Bonchev–Trinajstić information content (AvgIpc) is 3.30. The topological polar surface area (TPSA) is 71.0 Å². The Balaban J connectivity index is 1.41. The summed E-state index contributed by atoms with van der Waals surface area (Å²) in [6, 6.07) is 24.3. The zero-order valence-electron chi connectivity index (χ0n) is 18.6. The van der Waals surface area contributed by atoms with E-state index in [1.807, 2.05) is 41.3 Å². The molecule has 0 fully saturated rings. The summed E-state index contributed by atoms with van der Waals surface area (Å²) in [5.41, 5.74) is 4.48. The highest BCUT2D eigenvalue weighted by molar-refractivity contribution is 7.09. The fraction of sp³-hybridized carbons (Fsp3) is 0.231. The molecule has 0 saturated carbocycles. The van der Waals surface area contributed by atoms with Gasteiger partial charge in [-0.05, 0) is 30.2 Å². The van der Waals surface area contributed by atoms with Crippen molar-refractivity contribution in [1.29, 1.82) is 0 Å². The van der Waals surface area contributed by atoms with Gasteiger partial charge in [-0.25, -0.2) is 4.98 Å². The Bertz CT molecular complexity index is 1150. The quantitative estimate of drug-likeness (QED) is 0.387. The lowest BCUT2D eigenvalue weighted by Crippen LogP contribution is -2.37. The third-order valence-electron chi connectivity index (χ3n) is 5.19. The van der Waals surface area contributed by atoms with Crippen molar-refractivity contribution in [2.24, 2.45) is 0 Å². The van der Waals surface area contributed by atoms with Crippen LogP contribution in [0, 0.1) is 6.92 Å². The minimum absolute atomic E-state index is 0.0443. The number of pyridine rings is 1. The molecule has 2 aromatic heterocycles. The van der Waals surface area contributed by atoms with Gasteiger partial charge in [-0.3, -0.25) is 9.78 Å². The first-order valence-corrected chi connectivity index (χ1v) is 11.8. The first-order valence-electron chi connectivity index (χ1n) is 11.0. The average molecular weight is 458 g/mol. The molecule has 0 aliphatic heterocycles. The number of nitrogens with one attached hydrogen (secondary N) is 1. The van der Waals surface area contributed by atoms with E-state index in [0.29, 0.717) is 25.9 Å². The molecule has 4 rings (SSSR count). The molecule has 0 aliphatic carbocycles. The molecule has 4 aromatic rings. The number of hydrogen-bond donors (Lipinski definition) is 1. The summed E-state index contributed by atoms with van der Waals surface area (Å²) in [4.78, 5) is 23.8. The Hall–Kier alpha value is -3.58. The van der Waals surface area contributed by atoms with Crippen LogP contribution in [0.3, 0.4) is 0 Å². The molecular formula is C26H27N5OS. The van der Waals surface area contributed by atoms with Crippen molar-refractivity contribution in [3.8, 4) is 0 Å². The van der Waals surface area contributed by atoms with Gasteiger partial charge in [-0.1, -0.05) is 66.2 Å². The van der Waals surface area contributed by atoms with Crippen molar-refractivity contribution < 1.29 is 4.79 Å². The number of aryl methyl sites for hydroxylation is 1. The van der Waals surface area contributed by atoms with Crippen LogP contribution in [0.1, 0.15) is 28.2 Å². The Kier molecular flexibility index (Phi) is 7.76. The van der Waals surface area contributed by atoms with Crippen molar-refractivity contribution in [3.05, 3.63) is 107 Å². The summed E-state index contributed by atoms with van der Waals surface area (Å²) >= 11 is 1.34. The van der Waals surface area contributed by atoms with Gasteiger partial charge in [0.15, 0.2) is 0 Å². The van der Waals surface area contributed by atoms with Crippen LogP contribution in [0.2, 0.25) is 0 Å². The standard InChI is InChI=1S/C26H27N5OS/c1-20-10-12-21(13-11-20)17-24-29-26(33-30-24)31(18-22-7-3-2-4-8-22)19-25(32)28-16-14-23-9-5-6-15-27-23/h2-13,15H,14,16-19H2,1H3,(H,28,32). The molecule has 6 nitrogen and oxygen atoms in total. The van der Waals surface area contributed by atoms with E-state index >= 15 is 0 Å². The fourth-order valence-corrected chi connectivity index (χ4v) is 4.12. The highest BCUT2D eigenvalue weighted by atomic mass is 32.1. The number of rotatable bonds is 10. The molecular weight excluding hydrogens is 430 g/mol. The van der Waals surface area contributed by atoms with Gasteiger partial charge in [0.25, 0.3) is 0 Å². The number of anilines is 1. The highest BCUT2D eigenvalue weighted by Crippen LogP contribution is 2.21. The summed E-state index contributed by atoms with van der Waals surface area (Å²) in [5.74, 6) is 0.727. The Labute approximate surface area is 198 Å². The molecule has 0 radical (unpaired) electrons. The summed E-state index contributed by atoms with van der Waals surface area (Å²) in [6.07, 6.45) is 3.14. The lowest BCUT2D eigenvalue weighted by molar-refractivity contribution is -0.119. The molecule has 0 spiro atoms. The zero-order chi connectivity index (χ0) is 22.9. The largest absolute Gasteiger partial charge is 0.354 e. The number of aromatic nitrogens is 3. The van der Waals surface area contributed by atoms with E-state index in [1.54, 1.807) is 6.20 Å². The lowest BCUT2D eigenvalue weighted by atomic mass is 10.1. The predicted molar refractivity (Wildman–Crippen MR) is 132 cm³/mol. The van der Waals surface area contributed by atoms with Crippen LogP contribution in [-0.2, 0) is 24.2 Å². The van der Waals surface area contributed by atoms with Crippen LogP contribution in [-0.4, -0.2) is 33.3 Å². The number of hydrogen-bond acceptors (Lipinski definition) is 6. The Morgan fingerprint density at radius 3 is 2.52 bits per heavy atom. The normalized spacial score (nSPS) is 10.7. The minimum atomic E-state index is -0.0443. The maximum Gasteiger partial charge on any atom is 0.239 e. The minimum Gasteiger partial charge on any atom is -0.354 e. The Morgan fingerprint density at radius 2 is 1.76 bits per heavy atom. The smallest absolute Gasteiger partial charge is 0.239 e. The third kappa shape index (κ3) is 6.95. The first-order chi connectivity index (χ1) is 16.2. The monoisotopic (exact) mass is 457 g/mol. The molecule has 0 bridgehead atoms.